The number of fused-ring (bicyclic) bond motifs is 2. The molecule has 22 heavy (non-hydrogen) atoms. The van der Waals surface area contributed by atoms with Crippen LogP contribution in [0.2, 0.25) is 0 Å². The maximum absolute atomic E-state index is 4.66. The standard InChI is InChI=1S/C17H17N5/c1-2-4-14-12(3-1)9-13(14)10-18-15-7-8-16-19-20-17(11-5-6-11)22(16)21-15/h1-4,7-8,11,13H,5-6,9-10H2,(H,18,21)/t13-/m0/s1. The number of hydrogen-bond donors (Lipinski definition) is 1. The summed E-state index contributed by atoms with van der Waals surface area (Å²) in [5, 5.41) is 16.6. The van der Waals surface area contributed by atoms with Gasteiger partial charge in [-0.3, -0.25) is 0 Å². The molecule has 5 nitrogen and oxygen atoms in total. The fourth-order valence-electron chi connectivity index (χ4n) is 3.27. The second-order valence-corrected chi connectivity index (χ2v) is 6.30. The van der Waals surface area contributed by atoms with E-state index in [2.05, 4.69) is 44.9 Å². The number of hydrogen-bond acceptors (Lipinski definition) is 4. The molecule has 1 fully saturated rings. The summed E-state index contributed by atoms with van der Waals surface area (Å²) >= 11 is 0. The highest BCUT2D eigenvalue weighted by Gasteiger charge is 2.29. The Morgan fingerprint density at radius 2 is 2.00 bits per heavy atom. The third-order valence-corrected chi connectivity index (χ3v) is 4.72. The van der Waals surface area contributed by atoms with Crippen molar-refractivity contribution in [3.05, 3.63) is 53.3 Å². The van der Waals surface area contributed by atoms with Gasteiger partial charge in [-0.1, -0.05) is 24.3 Å². The van der Waals surface area contributed by atoms with Gasteiger partial charge in [0.15, 0.2) is 11.5 Å². The van der Waals surface area contributed by atoms with Crippen molar-refractivity contribution in [3.8, 4) is 0 Å². The first-order valence-corrected chi connectivity index (χ1v) is 7.92. The maximum atomic E-state index is 4.66. The molecule has 1 N–H and O–H groups in total. The SMILES string of the molecule is c1ccc2c(c1)C[C@H]2CNc1ccc2nnc(C3CC3)n2n1. The van der Waals surface area contributed by atoms with Crippen molar-refractivity contribution in [1.29, 1.82) is 0 Å². The molecule has 0 saturated heterocycles. The largest absolute Gasteiger partial charge is 0.368 e. The van der Waals surface area contributed by atoms with Crippen LogP contribution in [0, 0.1) is 0 Å². The van der Waals surface area contributed by atoms with Gasteiger partial charge in [0.05, 0.1) is 0 Å². The molecule has 0 amide bonds. The molecule has 3 aromatic rings. The van der Waals surface area contributed by atoms with Crippen molar-refractivity contribution in [3.63, 3.8) is 0 Å². The van der Waals surface area contributed by atoms with Crippen LogP contribution < -0.4 is 5.32 Å². The van der Waals surface area contributed by atoms with E-state index in [0.29, 0.717) is 11.8 Å². The average Bonchev–Trinajstić information content (AvgIpc) is 3.28. The van der Waals surface area contributed by atoms with Crippen LogP contribution >= 0.6 is 0 Å². The molecule has 0 aliphatic heterocycles. The van der Waals surface area contributed by atoms with Gasteiger partial charge in [0.25, 0.3) is 0 Å². The Kier molecular flexibility index (Phi) is 2.50. The van der Waals surface area contributed by atoms with Crippen LogP contribution in [-0.2, 0) is 6.42 Å². The summed E-state index contributed by atoms with van der Waals surface area (Å²) in [5.74, 6) is 3.06. The third-order valence-electron chi connectivity index (χ3n) is 4.72. The van der Waals surface area contributed by atoms with Crippen LogP contribution in [0.3, 0.4) is 0 Å². The molecular weight excluding hydrogens is 274 g/mol. The molecule has 0 radical (unpaired) electrons. The van der Waals surface area contributed by atoms with Crippen molar-refractivity contribution >= 4 is 11.5 Å². The number of rotatable bonds is 4. The molecule has 2 aliphatic carbocycles. The minimum Gasteiger partial charge on any atom is -0.368 e. The summed E-state index contributed by atoms with van der Waals surface area (Å²) in [6.45, 7) is 0.927. The van der Waals surface area contributed by atoms with Gasteiger partial charge in [0, 0.05) is 18.4 Å². The van der Waals surface area contributed by atoms with E-state index in [1.165, 1.54) is 24.0 Å². The molecule has 2 aliphatic rings. The molecule has 1 saturated carbocycles. The lowest BCUT2D eigenvalue weighted by molar-refractivity contribution is 0.633. The minimum atomic E-state index is 0.552. The van der Waals surface area contributed by atoms with Crippen LogP contribution in [0.15, 0.2) is 36.4 Å². The van der Waals surface area contributed by atoms with E-state index in [4.69, 9.17) is 0 Å². The van der Waals surface area contributed by atoms with E-state index < -0.39 is 0 Å². The molecule has 0 spiro atoms. The zero-order valence-electron chi connectivity index (χ0n) is 12.2. The van der Waals surface area contributed by atoms with E-state index in [1.54, 1.807) is 0 Å². The number of nitrogens with one attached hydrogen (secondary N) is 1. The number of anilines is 1. The fraction of sp³-hybridized carbons (Fsp3) is 0.353. The van der Waals surface area contributed by atoms with Crippen LogP contribution in [0.4, 0.5) is 5.82 Å². The van der Waals surface area contributed by atoms with Crippen LogP contribution in [0.5, 0.6) is 0 Å². The van der Waals surface area contributed by atoms with Crippen molar-refractivity contribution in [1.82, 2.24) is 19.8 Å². The van der Waals surface area contributed by atoms with Crippen LogP contribution in [0.1, 0.15) is 41.6 Å². The molecule has 110 valence electrons. The van der Waals surface area contributed by atoms with Gasteiger partial charge < -0.3 is 5.32 Å². The van der Waals surface area contributed by atoms with E-state index in [0.717, 1.165) is 30.3 Å². The first-order valence-electron chi connectivity index (χ1n) is 7.92. The zero-order chi connectivity index (χ0) is 14.5. The second-order valence-electron chi connectivity index (χ2n) is 6.30. The Morgan fingerprint density at radius 1 is 1.09 bits per heavy atom. The first kappa shape index (κ1) is 12.1. The summed E-state index contributed by atoms with van der Waals surface area (Å²) in [6.07, 6.45) is 3.57. The fourth-order valence-corrected chi connectivity index (χ4v) is 3.27. The van der Waals surface area contributed by atoms with Gasteiger partial charge in [-0.2, -0.15) is 4.52 Å². The van der Waals surface area contributed by atoms with Gasteiger partial charge in [0.2, 0.25) is 0 Å². The van der Waals surface area contributed by atoms with Crippen molar-refractivity contribution in [2.45, 2.75) is 31.1 Å². The van der Waals surface area contributed by atoms with Gasteiger partial charge in [-0.25, -0.2) is 0 Å². The van der Waals surface area contributed by atoms with Gasteiger partial charge in [-0.05, 0) is 42.5 Å². The van der Waals surface area contributed by atoms with E-state index >= 15 is 0 Å². The molecular formula is C17H17N5. The highest BCUT2D eigenvalue weighted by Crippen LogP contribution is 2.39. The normalized spacial score (nSPS) is 19.7. The topological polar surface area (TPSA) is 55.1 Å². The summed E-state index contributed by atoms with van der Waals surface area (Å²) in [7, 11) is 0. The average molecular weight is 291 g/mol. The molecule has 5 rings (SSSR count). The highest BCUT2D eigenvalue weighted by molar-refractivity contribution is 5.46. The Labute approximate surface area is 128 Å². The first-order chi connectivity index (χ1) is 10.9. The quantitative estimate of drug-likeness (QED) is 0.803. The third kappa shape index (κ3) is 1.89. The lowest BCUT2D eigenvalue weighted by Crippen LogP contribution is -2.24. The molecule has 2 aromatic heterocycles. The highest BCUT2D eigenvalue weighted by atomic mass is 15.4. The number of aromatic nitrogens is 4. The lowest BCUT2D eigenvalue weighted by atomic mass is 9.78. The summed E-state index contributed by atoms with van der Waals surface area (Å²) < 4.78 is 1.90. The van der Waals surface area contributed by atoms with Crippen LogP contribution in [-0.4, -0.2) is 26.4 Å². The maximum Gasteiger partial charge on any atom is 0.178 e. The van der Waals surface area contributed by atoms with Crippen molar-refractivity contribution in [2.24, 2.45) is 0 Å². The smallest absolute Gasteiger partial charge is 0.178 e. The molecule has 1 atom stereocenters. The minimum absolute atomic E-state index is 0.552. The van der Waals surface area contributed by atoms with E-state index in [-0.39, 0.29) is 0 Å². The number of benzene rings is 1. The van der Waals surface area contributed by atoms with E-state index in [1.807, 2.05) is 16.6 Å². The van der Waals surface area contributed by atoms with Crippen LogP contribution in [0.25, 0.3) is 5.65 Å². The predicted octanol–water partition coefficient (Wildman–Crippen LogP) is 2.75. The molecule has 0 bridgehead atoms. The predicted molar refractivity (Wildman–Crippen MR) is 84.1 cm³/mol. The van der Waals surface area contributed by atoms with Gasteiger partial charge in [0.1, 0.15) is 5.82 Å². The Morgan fingerprint density at radius 3 is 2.86 bits per heavy atom. The Bertz CT molecular complexity index is 849. The summed E-state index contributed by atoms with van der Waals surface area (Å²) in [4.78, 5) is 0. The van der Waals surface area contributed by atoms with Gasteiger partial charge in [-0.15, -0.1) is 15.3 Å². The van der Waals surface area contributed by atoms with Crippen molar-refractivity contribution < 1.29 is 0 Å². The van der Waals surface area contributed by atoms with Gasteiger partial charge >= 0.3 is 0 Å². The molecule has 0 unspecified atom stereocenters. The lowest BCUT2D eigenvalue weighted by Gasteiger charge is -2.30. The zero-order valence-corrected chi connectivity index (χ0v) is 12.2. The molecule has 2 heterocycles. The summed E-state index contributed by atoms with van der Waals surface area (Å²) in [6, 6.07) is 12.7. The Hall–Kier alpha value is -2.43. The second kappa shape index (κ2) is 4.53. The monoisotopic (exact) mass is 291 g/mol. The van der Waals surface area contributed by atoms with Crippen molar-refractivity contribution in [2.75, 3.05) is 11.9 Å². The summed E-state index contributed by atoms with van der Waals surface area (Å²) in [5.41, 5.74) is 3.79. The molecule has 5 heteroatoms. The number of nitrogens with zero attached hydrogens (tertiary/aromatic N) is 4. The molecule has 1 aromatic carbocycles. The van der Waals surface area contributed by atoms with E-state index in [9.17, 15) is 0 Å². The Balaban J connectivity index is 1.35.